The van der Waals surface area contributed by atoms with Crippen LogP contribution in [0.4, 0.5) is 10.1 Å². The van der Waals surface area contributed by atoms with Crippen LogP contribution in [0.5, 0.6) is 0 Å². The van der Waals surface area contributed by atoms with Gasteiger partial charge < -0.3 is 0 Å². The standard InChI is InChI=1S/C16H11N3O3S2/c20-14(8-6-12-7-9-15(24-12)19(21)22)18-16-17-13(10-23-16)11-4-2-1-3-5-11/h1-10H,(H,17,18,20)/b8-6+. The van der Waals surface area contributed by atoms with Gasteiger partial charge >= 0.3 is 5.00 Å². The van der Waals surface area contributed by atoms with Gasteiger partial charge in [0.15, 0.2) is 5.13 Å². The smallest absolute Gasteiger partial charge is 0.298 e. The summed E-state index contributed by atoms with van der Waals surface area (Å²) in [6, 6.07) is 12.7. The highest BCUT2D eigenvalue weighted by Crippen LogP contribution is 2.26. The molecule has 0 unspecified atom stereocenters. The van der Waals surface area contributed by atoms with Gasteiger partial charge in [-0.1, -0.05) is 41.7 Å². The third-order valence-corrected chi connectivity index (χ3v) is 4.76. The predicted octanol–water partition coefficient (Wildman–Crippen LogP) is 4.43. The average molecular weight is 357 g/mol. The first kappa shape index (κ1) is 16.0. The van der Waals surface area contributed by atoms with E-state index in [2.05, 4.69) is 10.3 Å². The van der Waals surface area contributed by atoms with Gasteiger partial charge in [-0.3, -0.25) is 20.2 Å². The van der Waals surface area contributed by atoms with Crippen LogP contribution in [0.3, 0.4) is 0 Å². The zero-order chi connectivity index (χ0) is 16.9. The maximum Gasteiger partial charge on any atom is 0.324 e. The van der Waals surface area contributed by atoms with Crippen LogP contribution in [-0.2, 0) is 4.79 Å². The van der Waals surface area contributed by atoms with Crippen molar-refractivity contribution in [2.45, 2.75) is 0 Å². The lowest BCUT2D eigenvalue weighted by Crippen LogP contribution is -2.07. The van der Waals surface area contributed by atoms with Gasteiger partial charge in [0.05, 0.1) is 10.6 Å². The summed E-state index contributed by atoms with van der Waals surface area (Å²) in [5.74, 6) is -0.333. The Hall–Kier alpha value is -2.84. The van der Waals surface area contributed by atoms with Crippen molar-refractivity contribution in [1.29, 1.82) is 0 Å². The lowest BCUT2D eigenvalue weighted by molar-refractivity contribution is -0.380. The number of benzene rings is 1. The van der Waals surface area contributed by atoms with Crippen LogP contribution in [0.1, 0.15) is 4.88 Å². The first-order chi connectivity index (χ1) is 11.6. The van der Waals surface area contributed by atoms with E-state index in [4.69, 9.17) is 0 Å². The molecule has 0 aliphatic carbocycles. The molecule has 3 rings (SSSR count). The summed E-state index contributed by atoms with van der Waals surface area (Å²) in [5, 5.41) is 15.7. The van der Waals surface area contributed by atoms with Gasteiger partial charge in [0, 0.05) is 28.0 Å². The molecule has 0 radical (unpaired) electrons. The zero-order valence-electron chi connectivity index (χ0n) is 12.2. The van der Waals surface area contributed by atoms with E-state index in [1.807, 2.05) is 35.7 Å². The molecule has 0 aliphatic heterocycles. The number of hydrogen-bond acceptors (Lipinski definition) is 6. The number of nitrogens with one attached hydrogen (secondary N) is 1. The molecular weight excluding hydrogens is 346 g/mol. The molecule has 6 nitrogen and oxygen atoms in total. The fourth-order valence-corrected chi connectivity index (χ4v) is 3.35. The molecular formula is C16H11N3O3S2. The average Bonchev–Trinajstić information content (AvgIpc) is 3.23. The number of thiophene rings is 1. The van der Waals surface area contributed by atoms with E-state index < -0.39 is 4.92 Å². The Morgan fingerprint density at radius 2 is 2.00 bits per heavy atom. The highest BCUT2D eigenvalue weighted by molar-refractivity contribution is 7.16. The number of thiazole rings is 1. The first-order valence-corrected chi connectivity index (χ1v) is 8.56. The first-order valence-electron chi connectivity index (χ1n) is 6.86. The number of anilines is 1. The zero-order valence-corrected chi connectivity index (χ0v) is 13.8. The molecule has 2 heterocycles. The minimum absolute atomic E-state index is 0.0440. The minimum atomic E-state index is -0.456. The van der Waals surface area contributed by atoms with Gasteiger partial charge in [0.2, 0.25) is 5.91 Å². The van der Waals surface area contributed by atoms with Crippen LogP contribution < -0.4 is 5.32 Å². The molecule has 24 heavy (non-hydrogen) atoms. The van der Waals surface area contributed by atoms with Crippen LogP contribution >= 0.6 is 22.7 Å². The highest BCUT2D eigenvalue weighted by atomic mass is 32.1. The third-order valence-electron chi connectivity index (χ3n) is 3.00. The molecule has 0 fully saturated rings. The maximum absolute atomic E-state index is 11.9. The summed E-state index contributed by atoms with van der Waals surface area (Å²) in [5.41, 5.74) is 1.78. The second-order valence-electron chi connectivity index (χ2n) is 4.66. The molecule has 1 N–H and O–H groups in total. The van der Waals surface area contributed by atoms with E-state index in [0.717, 1.165) is 22.6 Å². The predicted molar refractivity (Wildman–Crippen MR) is 96.2 cm³/mol. The lowest BCUT2D eigenvalue weighted by Gasteiger charge is -1.96. The molecule has 1 aromatic carbocycles. The molecule has 0 aliphatic rings. The van der Waals surface area contributed by atoms with E-state index in [0.29, 0.717) is 10.0 Å². The summed E-state index contributed by atoms with van der Waals surface area (Å²) in [6.07, 6.45) is 2.87. The fourth-order valence-electron chi connectivity index (χ4n) is 1.91. The van der Waals surface area contributed by atoms with E-state index in [9.17, 15) is 14.9 Å². The van der Waals surface area contributed by atoms with Crippen LogP contribution in [0, 0.1) is 10.1 Å². The van der Waals surface area contributed by atoms with Crippen molar-refractivity contribution < 1.29 is 9.72 Å². The Labute approximate surface area is 145 Å². The van der Waals surface area contributed by atoms with Crippen molar-refractivity contribution in [3.63, 3.8) is 0 Å². The molecule has 0 bridgehead atoms. The second-order valence-corrected chi connectivity index (χ2v) is 6.61. The number of rotatable bonds is 5. The van der Waals surface area contributed by atoms with E-state index in [1.165, 1.54) is 23.5 Å². The number of nitro groups is 1. The Balaban J connectivity index is 1.63. The number of carbonyl (C=O) groups excluding carboxylic acids is 1. The molecule has 8 heteroatoms. The van der Waals surface area contributed by atoms with Gasteiger partial charge in [0.1, 0.15) is 0 Å². The fraction of sp³-hybridized carbons (Fsp3) is 0. The minimum Gasteiger partial charge on any atom is -0.298 e. The van der Waals surface area contributed by atoms with Crippen molar-refractivity contribution in [3.8, 4) is 11.3 Å². The van der Waals surface area contributed by atoms with Gasteiger partial charge in [-0.25, -0.2) is 4.98 Å². The lowest BCUT2D eigenvalue weighted by atomic mass is 10.2. The molecule has 120 valence electrons. The molecule has 0 saturated heterocycles. The third kappa shape index (κ3) is 3.92. The number of hydrogen-bond donors (Lipinski definition) is 1. The second kappa shape index (κ2) is 7.16. The quantitative estimate of drug-likeness (QED) is 0.416. The Morgan fingerprint density at radius 1 is 1.21 bits per heavy atom. The molecule has 3 aromatic rings. The van der Waals surface area contributed by atoms with Crippen molar-refractivity contribution in [2.24, 2.45) is 0 Å². The highest BCUT2D eigenvalue weighted by Gasteiger charge is 2.09. The summed E-state index contributed by atoms with van der Waals surface area (Å²) in [6.45, 7) is 0. The number of carbonyl (C=O) groups is 1. The van der Waals surface area contributed by atoms with E-state index in [-0.39, 0.29) is 10.9 Å². The summed E-state index contributed by atoms with van der Waals surface area (Å²) in [7, 11) is 0. The largest absolute Gasteiger partial charge is 0.324 e. The number of nitrogens with zero attached hydrogens (tertiary/aromatic N) is 2. The van der Waals surface area contributed by atoms with Gasteiger partial charge in [-0.15, -0.1) is 11.3 Å². The molecule has 0 spiro atoms. The van der Waals surface area contributed by atoms with Crippen molar-refractivity contribution in [1.82, 2.24) is 4.98 Å². The topological polar surface area (TPSA) is 85.1 Å². The maximum atomic E-state index is 11.9. The normalized spacial score (nSPS) is 10.8. The molecule has 0 saturated carbocycles. The van der Waals surface area contributed by atoms with Gasteiger partial charge in [0.25, 0.3) is 0 Å². The van der Waals surface area contributed by atoms with Crippen molar-refractivity contribution >= 4 is 44.8 Å². The Bertz CT molecular complexity index is 900. The van der Waals surface area contributed by atoms with Crippen molar-refractivity contribution in [3.05, 3.63) is 68.9 Å². The molecule has 0 atom stereocenters. The van der Waals surface area contributed by atoms with E-state index >= 15 is 0 Å². The number of aromatic nitrogens is 1. The van der Waals surface area contributed by atoms with Crippen molar-refractivity contribution in [2.75, 3.05) is 5.32 Å². The SMILES string of the molecule is O=C(/C=C/c1ccc([N+](=O)[O-])s1)Nc1nc(-c2ccccc2)cs1. The summed E-state index contributed by atoms with van der Waals surface area (Å²) < 4.78 is 0. The summed E-state index contributed by atoms with van der Waals surface area (Å²) in [4.78, 5) is 27.1. The number of amides is 1. The van der Waals surface area contributed by atoms with Crippen LogP contribution in [-0.4, -0.2) is 15.8 Å². The monoisotopic (exact) mass is 357 g/mol. The summed E-state index contributed by atoms with van der Waals surface area (Å²) >= 11 is 2.35. The van der Waals surface area contributed by atoms with Gasteiger partial charge in [-0.2, -0.15) is 0 Å². The van der Waals surface area contributed by atoms with Crippen LogP contribution in [0.25, 0.3) is 17.3 Å². The Morgan fingerprint density at radius 3 is 2.71 bits per heavy atom. The Kier molecular flexibility index (Phi) is 4.78. The van der Waals surface area contributed by atoms with E-state index in [1.54, 1.807) is 12.1 Å². The van der Waals surface area contributed by atoms with Gasteiger partial charge in [-0.05, 0) is 12.1 Å². The van der Waals surface area contributed by atoms with Crippen LogP contribution in [0.2, 0.25) is 0 Å². The molecule has 1 amide bonds. The molecule has 2 aromatic heterocycles. The van der Waals surface area contributed by atoms with Crippen LogP contribution in [0.15, 0.2) is 53.9 Å².